The number of likely N-dealkylation sites (N-methyl/N-ethyl adjacent to an activating group) is 1. The zero-order valence-electron chi connectivity index (χ0n) is 11.6. The zero-order valence-corrected chi connectivity index (χ0v) is 11.6. The Kier molecular flexibility index (Phi) is 4.32. The lowest BCUT2D eigenvalue weighted by Gasteiger charge is -2.43. The van der Waals surface area contributed by atoms with E-state index in [9.17, 15) is 0 Å². The van der Waals surface area contributed by atoms with Crippen LogP contribution >= 0.6 is 0 Å². The van der Waals surface area contributed by atoms with Crippen LogP contribution in [0.25, 0.3) is 0 Å². The number of hydrogen-bond donors (Lipinski definition) is 1. The molecule has 0 aromatic carbocycles. The van der Waals surface area contributed by atoms with Gasteiger partial charge in [-0.2, -0.15) is 0 Å². The average molecular weight is 248 g/mol. The van der Waals surface area contributed by atoms with Crippen LogP contribution in [-0.2, 0) is 0 Å². The van der Waals surface area contributed by atoms with Gasteiger partial charge in [0.05, 0.1) is 6.04 Å². The molecule has 1 aromatic heterocycles. The molecule has 18 heavy (non-hydrogen) atoms. The van der Waals surface area contributed by atoms with Gasteiger partial charge in [0.2, 0.25) is 0 Å². The van der Waals surface area contributed by atoms with Gasteiger partial charge in [0.1, 0.15) is 0 Å². The summed E-state index contributed by atoms with van der Waals surface area (Å²) in [4.78, 5) is 9.12. The summed E-state index contributed by atoms with van der Waals surface area (Å²) in [6.07, 6.45) is 3.76. The minimum Gasteiger partial charge on any atom is -0.326 e. The van der Waals surface area contributed by atoms with Crippen molar-refractivity contribution in [2.75, 3.05) is 26.7 Å². The van der Waals surface area contributed by atoms with E-state index in [1.165, 1.54) is 5.56 Å². The quantitative estimate of drug-likeness (QED) is 0.870. The summed E-state index contributed by atoms with van der Waals surface area (Å²) in [5, 5.41) is 0. The van der Waals surface area contributed by atoms with Crippen molar-refractivity contribution in [1.29, 1.82) is 0 Å². The second-order valence-corrected chi connectivity index (χ2v) is 5.41. The van der Waals surface area contributed by atoms with E-state index in [0.717, 1.165) is 19.6 Å². The summed E-state index contributed by atoms with van der Waals surface area (Å²) < 4.78 is 0. The molecule has 1 fully saturated rings. The number of pyridine rings is 1. The fourth-order valence-electron chi connectivity index (χ4n) is 2.73. The Morgan fingerprint density at radius 3 is 2.78 bits per heavy atom. The summed E-state index contributed by atoms with van der Waals surface area (Å²) in [6.45, 7) is 7.60. The minimum atomic E-state index is 0.116. The van der Waals surface area contributed by atoms with Crippen molar-refractivity contribution in [3.05, 3.63) is 30.1 Å². The summed E-state index contributed by atoms with van der Waals surface area (Å²) in [5.41, 5.74) is 7.42. The molecule has 2 N–H and O–H groups in total. The van der Waals surface area contributed by atoms with Crippen LogP contribution < -0.4 is 5.73 Å². The molecule has 3 atom stereocenters. The molecule has 0 aliphatic carbocycles. The van der Waals surface area contributed by atoms with E-state index in [-0.39, 0.29) is 12.1 Å². The first-order chi connectivity index (χ1) is 8.59. The van der Waals surface area contributed by atoms with Crippen molar-refractivity contribution >= 4 is 0 Å². The van der Waals surface area contributed by atoms with Crippen LogP contribution in [0.2, 0.25) is 0 Å². The highest BCUT2D eigenvalue weighted by molar-refractivity contribution is 5.16. The highest BCUT2D eigenvalue weighted by atomic mass is 15.3. The van der Waals surface area contributed by atoms with Gasteiger partial charge < -0.3 is 10.6 Å². The zero-order chi connectivity index (χ0) is 13.1. The molecule has 4 nitrogen and oxygen atoms in total. The summed E-state index contributed by atoms with van der Waals surface area (Å²) >= 11 is 0. The maximum atomic E-state index is 6.20. The molecule has 1 aliphatic rings. The number of nitrogens with zero attached hydrogens (tertiary/aromatic N) is 3. The van der Waals surface area contributed by atoms with Crippen LogP contribution in [0.5, 0.6) is 0 Å². The average Bonchev–Trinajstić information content (AvgIpc) is 2.35. The number of nitrogens with two attached hydrogens (primary N) is 1. The van der Waals surface area contributed by atoms with Gasteiger partial charge in [-0.25, -0.2) is 0 Å². The van der Waals surface area contributed by atoms with Gasteiger partial charge in [0.15, 0.2) is 0 Å². The Morgan fingerprint density at radius 1 is 1.44 bits per heavy atom. The van der Waals surface area contributed by atoms with Crippen molar-refractivity contribution in [1.82, 2.24) is 14.8 Å². The number of hydrogen-bond acceptors (Lipinski definition) is 4. The van der Waals surface area contributed by atoms with Crippen LogP contribution in [0, 0.1) is 0 Å². The number of rotatable bonds is 3. The van der Waals surface area contributed by atoms with Crippen molar-refractivity contribution < 1.29 is 0 Å². The van der Waals surface area contributed by atoms with E-state index in [1.54, 1.807) is 0 Å². The van der Waals surface area contributed by atoms with Gasteiger partial charge in [-0.15, -0.1) is 0 Å². The Hall–Kier alpha value is -0.970. The van der Waals surface area contributed by atoms with Crippen molar-refractivity contribution in [3.8, 4) is 0 Å². The smallest absolute Gasteiger partial charge is 0.0512 e. The molecule has 2 rings (SSSR count). The molecule has 0 bridgehead atoms. The maximum absolute atomic E-state index is 6.20. The Balaban J connectivity index is 2.16. The molecule has 1 aliphatic heterocycles. The Morgan fingerprint density at radius 2 is 2.22 bits per heavy atom. The molecular formula is C14H24N4. The van der Waals surface area contributed by atoms with E-state index in [2.05, 4.69) is 41.7 Å². The molecular weight excluding hydrogens is 224 g/mol. The first-order valence-electron chi connectivity index (χ1n) is 6.69. The lowest BCUT2D eigenvalue weighted by atomic mass is 9.99. The lowest BCUT2D eigenvalue weighted by Crippen LogP contribution is -2.53. The Bertz CT molecular complexity index is 365. The Labute approximate surface area is 110 Å². The molecule has 0 amide bonds. The molecule has 0 saturated carbocycles. The SMILES string of the molecule is CC(N)C(c1cccnc1)N1CCN(C)C(C)C1. The predicted molar refractivity (Wildman–Crippen MR) is 74.3 cm³/mol. The van der Waals surface area contributed by atoms with Crippen LogP contribution in [0.4, 0.5) is 0 Å². The first-order valence-corrected chi connectivity index (χ1v) is 6.69. The fourth-order valence-corrected chi connectivity index (χ4v) is 2.73. The van der Waals surface area contributed by atoms with Crippen LogP contribution in [0.3, 0.4) is 0 Å². The maximum Gasteiger partial charge on any atom is 0.0512 e. The third-order valence-electron chi connectivity index (χ3n) is 3.91. The molecule has 100 valence electrons. The van der Waals surface area contributed by atoms with Gasteiger partial charge in [0, 0.05) is 44.1 Å². The van der Waals surface area contributed by atoms with Gasteiger partial charge in [-0.3, -0.25) is 9.88 Å². The fraction of sp³-hybridized carbons (Fsp3) is 0.643. The van der Waals surface area contributed by atoms with Crippen molar-refractivity contribution in [3.63, 3.8) is 0 Å². The molecule has 0 radical (unpaired) electrons. The van der Waals surface area contributed by atoms with E-state index in [1.807, 2.05) is 18.5 Å². The molecule has 1 aromatic rings. The minimum absolute atomic E-state index is 0.116. The molecule has 4 heteroatoms. The lowest BCUT2D eigenvalue weighted by molar-refractivity contribution is 0.0637. The first kappa shape index (κ1) is 13.5. The van der Waals surface area contributed by atoms with Crippen LogP contribution in [0.1, 0.15) is 25.5 Å². The van der Waals surface area contributed by atoms with Crippen LogP contribution in [0.15, 0.2) is 24.5 Å². The van der Waals surface area contributed by atoms with Gasteiger partial charge in [-0.05, 0) is 32.5 Å². The van der Waals surface area contributed by atoms with Crippen molar-refractivity contribution in [2.24, 2.45) is 5.73 Å². The molecule has 3 unspecified atom stereocenters. The number of piperazine rings is 1. The summed E-state index contributed by atoms with van der Waals surface area (Å²) in [7, 11) is 2.19. The third kappa shape index (κ3) is 2.88. The highest BCUT2D eigenvalue weighted by Crippen LogP contribution is 2.25. The third-order valence-corrected chi connectivity index (χ3v) is 3.91. The normalized spacial score (nSPS) is 25.9. The highest BCUT2D eigenvalue weighted by Gasteiger charge is 2.29. The summed E-state index contributed by atoms with van der Waals surface area (Å²) in [5.74, 6) is 0. The molecule has 2 heterocycles. The monoisotopic (exact) mass is 248 g/mol. The van der Waals surface area contributed by atoms with Gasteiger partial charge in [0.25, 0.3) is 0 Å². The van der Waals surface area contributed by atoms with Crippen LogP contribution in [-0.4, -0.2) is 53.5 Å². The second kappa shape index (κ2) is 5.78. The summed E-state index contributed by atoms with van der Waals surface area (Å²) in [6, 6.07) is 5.09. The van der Waals surface area contributed by atoms with Gasteiger partial charge in [-0.1, -0.05) is 6.07 Å². The van der Waals surface area contributed by atoms with E-state index in [0.29, 0.717) is 6.04 Å². The van der Waals surface area contributed by atoms with Gasteiger partial charge >= 0.3 is 0 Å². The van der Waals surface area contributed by atoms with E-state index < -0.39 is 0 Å². The standard InChI is InChI=1S/C14H24N4/c1-11-10-18(8-7-17(11)3)14(12(2)15)13-5-4-6-16-9-13/h4-6,9,11-12,14H,7-8,10,15H2,1-3H3. The molecule has 0 spiro atoms. The predicted octanol–water partition coefficient (Wildman–Crippen LogP) is 1.11. The second-order valence-electron chi connectivity index (χ2n) is 5.41. The number of aromatic nitrogens is 1. The van der Waals surface area contributed by atoms with E-state index >= 15 is 0 Å². The molecule has 1 saturated heterocycles. The largest absolute Gasteiger partial charge is 0.326 e. The van der Waals surface area contributed by atoms with Crippen molar-refractivity contribution in [2.45, 2.75) is 32.0 Å². The topological polar surface area (TPSA) is 45.4 Å². The van der Waals surface area contributed by atoms with E-state index in [4.69, 9.17) is 5.73 Å².